The van der Waals surface area contributed by atoms with Gasteiger partial charge in [0.25, 0.3) is 5.56 Å². The minimum Gasteiger partial charge on any atom is -0.303 e. The van der Waals surface area contributed by atoms with Crippen molar-refractivity contribution in [2.45, 2.75) is 32.7 Å². The molecule has 6 heteroatoms. The number of H-pyrrole nitrogens is 1. The maximum Gasteiger partial charge on any atom is 0.278 e. The third kappa shape index (κ3) is 2.15. The Morgan fingerprint density at radius 2 is 2.04 bits per heavy atom. The summed E-state index contributed by atoms with van der Waals surface area (Å²) in [5.41, 5.74) is 6.21. The van der Waals surface area contributed by atoms with Crippen LogP contribution in [-0.2, 0) is 0 Å². The van der Waals surface area contributed by atoms with Gasteiger partial charge in [-0.1, -0.05) is 18.2 Å². The van der Waals surface area contributed by atoms with E-state index < -0.39 is 0 Å². The summed E-state index contributed by atoms with van der Waals surface area (Å²) in [6.07, 6.45) is 3.97. The lowest BCUT2D eigenvalue weighted by Crippen LogP contribution is -2.20. The lowest BCUT2D eigenvalue weighted by Gasteiger charge is -2.16. The van der Waals surface area contributed by atoms with Gasteiger partial charge in [0.1, 0.15) is 5.52 Å². The molecule has 1 fully saturated rings. The van der Waals surface area contributed by atoms with Gasteiger partial charge < -0.3 is 4.57 Å². The van der Waals surface area contributed by atoms with E-state index in [0.29, 0.717) is 11.6 Å². The molecule has 0 spiro atoms. The van der Waals surface area contributed by atoms with Crippen LogP contribution in [-0.4, -0.2) is 19.7 Å². The van der Waals surface area contributed by atoms with Gasteiger partial charge >= 0.3 is 0 Å². The van der Waals surface area contributed by atoms with Crippen molar-refractivity contribution >= 4 is 43.4 Å². The maximum atomic E-state index is 13.3. The summed E-state index contributed by atoms with van der Waals surface area (Å²) in [6, 6.07) is 11.0. The molecule has 0 aliphatic heterocycles. The molecule has 0 unspecified atom stereocenters. The standard InChI is InChI=1S/C22H18N4OS/c1-11-16(13-3-8-18-14(9-13)10-23-25-18)6-7-17-20(11)26(15-4-5-15)22(27)19-21(17)28-12(2)24-19/h3,6-10,15H,4-5H2,1-2H3,(H,23,25). The first-order valence-electron chi connectivity index (χ1n) is 9.50. The Hall–Kier alpha value is -2.99. The summed E-state index contributed by atoms with van der Waals surface area (Å²) in [4.78, 5) is 17.8. The Bertz CT molecular complexity index is 1470. The number of thiazole rings is 1. The fourth-order valence-corrected chi connectivity index (χ4v) is 5.20. The molecule has 6 rings (SSSR count). The molecule has 1 N–H and O–H groups in total. The van der Waals surface area contributed by atoms with Gasteiger partial charge in [-0.2, -0.15) is 5.10 Å². The van der Waals surface area contributed by atoms with Crippen LogP contribution in [0.2, 0.25) is 0 Å². The molecule has 1 saturated carbocycles. The van der Waals surface area contributed by atoms with Crippen molar-refractivity contribution in [2.24, 2.45) is 0 Å². The number of nitrogens with zero attached hydrogens (tertiary/aromatic N) is 3. The molecule has 5 aromatic rings. The molecule has 138 valence electrons. The molecular formula is C22H18N4OS. The topological polar surface area (TPSA) is 63.6 Å². The van der Waals surface area contributed by atoms with Crippen LogP contribution < -0.4 is 5.56 Å². The molecule has 0 radical (unpaired) electrons. The molecule has 0 atom stereocenters. The Morgan fingerprint density at radius 3 is 2.86 bits per heavy atom. The molecule has 1 aliphatic rings. The smallest absolute Gasteiger partial charge is 0.278 e. The van der Waals surface area contributed by atoms with Gasteiger partial charge in [0.05, 0.1) is 26.9 Å². The van der Waals surface area contributed by atoms with E-state index in [1.54, 1.807) is 11.3 Å². The largest absolute Gasteiger partial charge is 0.303 e. The average Bonchev–Trinajstić information content (AvgIpc) is 3.26. The summed E-state index contributed by atoms with van der Waals surface area (Å²) < 4.78 is 3.01. The fourth-order valence-electron chi connectivity index (χ4n) is 4.27. The van der Waals surface area contributed by atoms with E-state index in [1.165, 1.54) is 0 Å². The van der Waals surface area contributed by atoms with Crippen molar-refractivity contribution in [3.05, 3.63) is 57.5 Å². The zero-order valence-corrected chi connectivity index (χ0v) is 16.4. The van der Waals surface area contributed by atoms with E-state index in [4.69, 9.17) is 0 Å². The van der Waals surface area contributed by atoms with Crippen LogP contribution in [0.15, 0.2) is 41.3 Å². The number of pyridine rings is 1. The molecule has 28 heavy (non-hydrogen) atoms. The highest BCUT2D eigenvalue weighted by molar-refractivity contribution is 7.19. The molecule has 5 nitrogen and oxygen atoms in total. The maximum absolute atomic E-state index is 13.3. The van der Waals surface area contributed by atoms with Crippen molar-refractivity contribution in [2.75, 3.05) is 0 Å². The highest BCUT2D eigenvalue weighted by Gasteiger charge is 2.29. The van der Waals surface area contributed by atoms with E-state index in [1.807, 2.05) is 17.7 Å². The summed E-state index contributed by atoms with van der Waals surface area (Å²) in [6.45, 7) is 4.11. The average molecular weight is 386 g/mol. The first-order valence-corrected chi connectivity index (χ1v) is 10.3. The number of aryl methyl sites for hydroxylation is 2. The SMILES string of the molecule is Cc1nc2c(=O)n(C3CC3)c3c(C)c(-c4ccc5[nH]ncc5c4)ccc3c2s1. The van der Waals surface area contributed by atoms with E-state index in [-0.39, 0.29) is 5.56 Å². The number of benzene rings is 2. The van der Waals surface area contributed by atoms with Crippen LogP contribution in [0.4, 0.5) is 0 Å². The van der Waals surface area contributed by atoms with E-state index in [9.17, 15) is 4.79 Å². The van der Waals surface area contributed by atoms with Gasteiger partial charge in [0, 0.05) is 16.8 Å². The fraction of sp³-hybridized carbons (Fsp3) is 0.227. The number of fused-ring (bicyclic) bond motifs is 4. The number of aromatic nitrogens is 4. The predicted molar refractivity (Wildman–Crippen MR) is 114 cm³/mol. The zero-order valence-electron chi connectivity index (χ0n) is 15.6. The quantitative estimate of drug-likeness (QED) is 0.459. The minimum absolute atomic E-state index is 0.0555. The van der Waals surface area contributed by atoms with Crippen molar-refractivity contribution in [1.29, 1.82) is 0 Å². The number of nitrogens with one attached hydrogen (secondary N) is 1. The molecule has 0 saturated heterocycles. The predicted octanol–water partition coefficient (Wildman–Crippen LogP) is 5.11. The first kappa shape index (κ1) is 16.0. The summed E-state index contributed by atoms with van der Waals surface area (Å²) in [5.74, 6) is 0. The Morgan fingerprint density at radius 1 is 1.18 bits per heavy atom. The van der Waals surface area contributed by atoms with Gasteiger partial charge in [-0.25, -0.2) is 4.98 Å². The third-order valence-corrected chi connectivity index (χ3v) is 6.74. The van der Waals surface area contributed by atoms with Crippen molar-refractivity contribution in [1.82, 2.24) is 19.7 Å². The second-order valence-electron chi connectivity index (χ2n) is 7.62. The van der Waals surface area contributed by atoms with Gasteiger partial charge in [-0.05, 0) is 55.5 Å². The van der Waals surface area contributed by atoms with Crippen molar-refractivity contribution in [3.8, 4) is 11.1 Å². The molecule has 0 bridgehead atoms. The third-order valence-electron chi connectivity index (χ3n) is 5.74. The van der Waals surface area contributed by atoms with Gasteiger partial charge in [-0.3, -0.25) is 9.89 Å². The van der Waals surface area contributed by atoms with Crippen LogP contribution in [0, 0.1) is 13.8 Å². The van der Waals surface area contributed by atoms with Gasteiger partial charge in [-0.15, -0.1) is 11.3 Å². The molecule has 3 heterocycles. The van der Waals surface area contributed by atoms with Crippen LogP contribution >= 0.6 is 11.3 Å². The summed E-state index contributed by atoms with van der Waals surface area (Å²) in [5, 5.41) is 10.3. The Labute approximate surface area is 164 Å². The van der Waals surface area contributed by atoms with E-state index >= 15 is 0 Å². The number of hydrogen-bond donors (Lipinski definition) is 1. The van der Waals surface area contributed by atoms with Crippen LogP contribution in [0.3, 0.4) is 0 Å². The molecule has 0 amide bonds. The molecular weight excluding hydrogens is 368 g/mol. The minimum atomic E-state index is 0.0555. The second kappa shape index (κ2) is 5.52. The highest BCUT2D eigenvalue weighted by atomic mass is 32.1. The van der Waals surface area contributed by atoms with Crippen LogP contribution in [0.5, 0.6) is 0 Å². The van der Waals surface area contributed by atoms with E-state index in [0.717, 1.165) is 61.0 Å². The van der Waals surface area contributed by atoms with Crippen LogP contribution in [0.1, 0.15) is 29.5 Å². The first-order chi connectivity index (χ1) is 13.6. The second-order valence-corrected chi connectivity index (χ2v) is 8.83. The summed E-state index contributed by atoms with van der Waals surface area (Å²) >= 11 is 1.61. The number of hydrogen-bond acceptors (Lipinski definition) is 4. The van der Waals surface area contributed by atoms with Crippen molar-refractivity contribution in [3.63, 3.8) is 0 Å². The molecule has 2 aromatic carbocycles. The molecule has 1 aliphatic carbocycles. The number of rotatable bonds is 2. The number of aromatic amines is 1. The van der Waals surface area contributed by atoms with Crippen LogP contribution in [0.25, 0.3) is 43.1 Å². The summed E-state index contributed by atoms with van der Waals surface area (Å²) in [7, 11) is 0. The van der Waals surface area contributed by atoms with Gasteiger partial charge in [0.2, 0.25) is 0 Å². The zero-order chi connectivity index (χ0) is 19.0. The normalized spacial score (nSPS) is 14.5. The lowest BCUT2D eigenvalue weighted by atomic mass is 9.96. The van der Waals surface area contributed by atoms with Gasteiger partial charge in [0.15, 0.2) is 0 Å². The highest BCUT2D eigenvalue weighted by Crippen LogP contribution is 2.41. The monoisotopic (exact) mass is 386 g/mol. The Kier molecular flexibility index (Phi) is 3.15. The lowest BCUT2D eigenvalue weighted by molar-refractivity contribution is 0.742. The van der Waals surface area contributed by atoms with Crippen molar-refractivity contribution < 1.29 is 0 Å². The van der Waals surface area contributed by atoms with E-state index in [2.05, 4.69) is 52.4 Å². The molecule has 3 aromatic heterocycles. The Balaban J connectivity index is 1.73.